The van der Waals surface area contributed by atoms with Gasteiger partial charge in [-0.15, -0.1) is 0 Å². The van der Waals surface area contributed by atoms with Crippen LogP contribution in [0.2, 0.25) is 0 Å². The molecule has 2 rings (SSSR count). The highest BCUT2D eigenvalue weighted by atomic mass is 16.2. The number of piperazine rings is 1. The van der Waals surface area contributed by atoms with Gasteiger partial charge in [0.15, 0.2) is 5.78 Å². The lowest BCUT2D eigenvalue weighted by molar-refractivity contribution is -0.129. The predicted octanol–water partition coefficient (Wildman–Crippen LogP) is 0.885. The Morgan fingerprint density at radius 3 is 2.10 bits per heavy atom. The lowest BCUT2D eigenvalue weighted by Crippen LogP contribution is -2.48. The molecule has 0 spiro atoms. The van der Waals surface area contributed by atoms with Gasteiger partial charge in [0.05, 0.1) is 6.04 Å². The third kappa shape index (κ3) is 3.17. The molecule has 20 heavy (non-hydrogen) atoms. The lowest BCUT2D eigenvalue weighted by atomic mass is 10.1. The van der Waals surface area contributed by atoms with Crippen molar-refractivity contribution in [1.82, 2.24) is 4.90 Å². The maximum Gasteiger partial charge on any atom is 0.219 e. The largest absolute Gasteiger partial charge is 0.368 e. The van der Waals surface area contributed by atoms with Crippen molar-refractivity contribution in [3.05, 3.63) is 29.8 Å². The molecule has 1 atom stereocenters. The fraction of sp³-hybridized carbons (Fsp3) is 0.467. The summed E-state index contributed by atoms with van der Waals surface area (Å²) in [7, 11) is 0. The van der Waals surface area contributed by atoms with E-state index in [1.54, 1.807) is 13.8 Å². The minimum absolute atomic E-state index is 0.0436. The lowest BCUT2D eigenvalue weighted by Gasteiger charge is -2.35. The Hall–Kier alpha value is -1.88. The van der Waals surface area contributed by atoms with Gasteiger partial charge in [0, 0.05) is 44.4 Å². The van der Waals surface area contributed by atoms with Crippen molar-refractivity contribution >= 4 is 17.4 Å². The topological polar surface area (TPSA) is 66.6 Å². The molecule has 0 bridgehead atoms. The molecule has 1 unspecified atom stereocenters. The number of carbonyl (C=O) groups is 2. The van der Waals surface area contributed by atoms with Gasteiger partial charge >= 0.3 is 0 Å². The van der Waals surface area contributed by atoms with Gasteiger partial charge in [-0.1, -0.05) is 0 Å². The molecule has 5 heteroatoms. The Morgan fingerprint density at radius 1 is 1.10 bits per heavy atom. The smallest absolute Gasteiger partial charge is 0.219 e. The molecule has 1 heterocycles. The average Bonchev–Trinajstić information content (AvgIpc) is 2.46. The first kappa shape index (κ1) is 14.5. The van der Waals surface area contributed by atoms with Crippen LogP contribution in [0.4, 0.5) is 5.69 Å². The van der Waals surface area contributed by atoms with Crippen molar-refractivity contribution in [3.8, 4) is 0 Å². The van der Waals surface area contributed by atoms with E-state index in [1.165, 1.54) is 0 Å². The van der Waals surface area contributed by atoms with Crippen LogP contribution in [0.3, 0.4) is 0 Å². The number of rotatable bonds is 3. The van der Waals surface area contributed by atoms with Crippen molar-refractivity contribution < 1.29 is 9.59 Å². The number of hydrogen-bond donors (Lipinski definition) is 1. The Morgan fingerprint density at radius 2 is 1.65 bits per heavy atom. The van der Waals surface area contributed by atoms with E-state index in [1.807, 2.05) is 29.2 Å². The molecular weight excluding hydrogens is 254 g/mol. The van der Waals surface area contributed by atoms with E-state index in [0.29, 0.717) is 5.56 Å². The summed E-state index contributed by atoms with van der Waals surface area (Å²) in [5, 5.41) is 0. The predicted molar refractivity (Wildman–Crippen MR) is 78.9 cm³/mol. The molecular formula is C15H21N3O2. The molecule has 0 aromatic heterocycles. The summed E-state index contributed by atoms with van der Waals surface area (Å²) in [5.74, 6) is 0.0838. The van der Waals surface area contributed by atoms with E-state index in [2.05, 4.69) is 4.90 Å². The molecule has 1 amide bonds. The van der Waals surface area contributed by atoms with Crippen LogP contribution in [-0.2, 0) is 4.79 Å². The van der Waals surface area contributed by atoms with Crippen LogP contribution in [0.5, 0.6) is 0 Å². The zero-order valence-electron chi connectivity index (χ0n) is 12.0. The Labute approximate surface area is 119 Å². The first-order valence-corrected chi connectivity index (χ1v) is 6.89. The number of nitrogens with two attached hydrogens (primary N) is 1. The van der Waals surface area contributed by atoms with Crippen molar-refractivity contribution in [2.75, 3.05) is 31.1 Å². The molecule has 1 aromatic carbocycles. The van der Waals surface area contributed by atoms with Gasteiger partial charge in [0.2, 0.25) is 5.91 Å². The maximum absolute atomic E-state index is 11.8. The van der Waals surface area contributed by atoms with Crippen molar-refractivity contribution in [1.29, 1.82) is 0 Å². The maximum atomic E-state index is 11.8. The van der Waals surface area contributed by atoms with Crippen molar-refractivity contribution in [3.63, 3.8) is 0 Å². The summed E-state index contributed by atoms with van der Waals surface area (Å²) in [6.45, 7) is 6.42. The summed E-state index contributed by atoms with van der Waals surface area (Å²) in [5.41, 5.74) is 7.32. The average molecular weight is 275 g/mol. The number of Topliss-reactive ketones (excluding diaryl/α,β-unsaturated/α-hetero) is 1. The zero-order valence-corrected chi connectivity index (χ0v) is 12.0. The summed E-state index contributed by atoms with van der Waals surface area (Å²) in [6.07, 6.45) is 0. The van der Waals surface area contributed by atoms with Crippen molar-refractivity contribution in [2.45, 2.75) is 19.9 Å². The quantitative estimate of drug-likeness (QED) is 0.832. The van der Waals surface area contributed by atoms with E-state index < -0.39 is 6.04 Å². The second kappa shape index (κ2) is 6.05. The van der Waals surface area contributed by atoms with Gasteiger partial charge in [-0.2, -0.15) is 0 Å². The standard InChI is InChI=1S/C15H21N3O2/c1-11(16)15(20)13-3-5-14(6-4-13)18-9-7-17(8-10-18)12(2)19/h3-6,11H,7-10,16H2,1-2H3. The summed E-state index contributed by atoms with van der Waals surface area (Å²) in [4.78, 5) is 27.1. The highest BCUT2D eigenvalue weighted by molar-refractivity contribution is 5.99. The highest BCUT2D eigenvalue weighted by Gasteiger charge is 2.19. The normalized spacial score (nSPS) is 16.9. The third-order valence-electron chi connectivity index (χ3n) is 3.66. The van der Waals surface area contributed by atoms with E-state index in [-0.39, 0.29) is 11.7 Å². The third-order valence-corrected chi connectivity index (χ3v) is 3.66. The van der Waals surface area contributed by atoms with Gasteiger partial charge < -0.3 is 15.5 Å². The SMILES string of the molecule is CC(=O)N1CCN(c2ccc(C(=O)C(C)N)cc2)CC1. The van der Waals surface area contributed by atoms with Gasteiger partial charge in [-0.25, -0.2) is 0 Å². The fourth-order valence-corrected chi connectivity index (χ4v) is 2.38. The summed E-state index contributed by atoms with van der Waals surface area (Å²) >= 11 is 0. The van der Waals surface area contributed by atoms with Crippen LogP contribution in [0, 0.1) is 0 Å². The molecule has 1 aliphatic rings. The van der Waals surface area contributed by atoms with Crippen LogP contribution >= 0.6 is 0 Å². The molecule has 0 aliphatic carbocycles. The van der Waals surface area contributed by atoms with Gasteiger partial charge in [0.25, 0.3) is 0 Å². The second-order valence-electron chi connectivity index (χ2n) is 5.19. The van der Waals surface area contributed by atoms with Gasteiger partial charge in [-0.3, -0.25) is 9.59 Å². The van der Waals surface area contributed by atoms with Gasteiger partial charge in [0.1, 0.15) is 0 Å². The summed E-state index contributed by atoms with van der Waals surface area (Å²) < 4.78 is 0. The molecule has 0 saturated carbocycles. The second-order valence-corrected chi connectivity index (χ2v) is 5.19. The Balaban J connectivity index is 2.01. The molecule has 1 aliphatic heterocycles. The Kier molecular flexibility index (Phi) is 4.39. The number of hydrogen-bond acceptors (Lipinski definition) is 4. The number of anilines is 1. The molecule has 0 radical (unpaired) electrons. The number of benzene rings is 1. The van der Waals surface area contributed by atoms with Crippen LogP contribution in [0.1, 0.15) is 24.2 Å². The molecule has 1 fully saturated rings. The Bertz CT molecular complexity index is 488. The highest BCUT2D eigenvalue weighted by Crippen LogP contribution is 2.18. The van der Waals surface area contributed by atoms with E-state index in [4.69, 9.17) is 5.73 Å². The van der Waals surface area contributed by atoms with E-state index in [9.17, 15) is 9.59 Å². The minimum Gasteiger partial charge on any atom is -0.368 e. The molecule has 108 valence electrons. The minimum atomic E-state index is -0.472. The van der Waals surface area contributed by atoms with E-state index in [0.717, 1.165) is 31.9 Å². The van der Waals surface area contributed by atoms with Crippen LogP contribution in [0.25, 0.3) is 0 Å². The number of carbonyl (C=O) groups excluding carboxylic acids is 2. The first-order valence-electron chi connectivity index (χ1n) is 6.89. The molecule has 5 nitrogen and oxygen atoms in total. The van der Waals surface area contributed by atoms with Crippen molar-refractivity contribution in [2.24, 2.45) is 5.73 Å². The van der Waals surface area contributed by atoms with Crippen LogP contribution < -0.4 is 10.6 Å². The number of ketones is 1. The molecule has 1 aromatic rings. The van der Waals surface area contributed by atoms with Crippen LogP contribution in [-0.4, -0.2) is 48.8 Å². The molecule has 1 saturated heterocycles. The van der Waals surface area contributed by atoms with Gasteiger partial charge in [-0.05, 0) is 31.2 Å². The van der Waals surface area contributed by atoms with E-state index >= 15 is 0 Å². The zero-order chi connectivity index (χ0) is 14.7. The first-order chi connectivity index (χ1) is 9.49. The number of nitrogens with zero attached hydrogens (tertiary/aromatic N) is 2. The monoisotopic (exact) mass is 275 g/mol. The van der Waals surface area contributed by atoms with Crippen LogP contribution in [0.15, 0.2) is 24.3 Å². The fourth-order valence-electron chi connectivity index (χ4n) is 2.38. The number of amides is 1. The summed E-state index contributed by atoms with van der Waals surface area (Å²) in [6, 6.07) is 7.05. The molecule has 2 N–H and O–H groups in total.